The molecule has 126 valence electrons. The lowest BCUT2D eigenvalue weighted by atomic mass is 10.1. The average Bonchev–Trinajstić information content (AvgIpc) is 2.64. The van der Waals surface area contributed by atoms with E-state index in [1.165, 1.54) is 0 Å². The Morgan fingerprint density at radius 3 is 2.75 bits per heavy atom. The molecule has 0 aliphatic carbocycles. The minimum absolute atomic E-state index is 0.126. The summed E-state index contributed by atoms with van der Waals surface area (Å²) in [6.07, 6.45) is 5.11. The molecule has 2 aromatic heterocycles. The number of pyridine rings is 2. The van der Waals surface area contributed by atoms with Crippen molar-refractivity contribution in [1.29, 1.82) is 0 Å². The number of ether oxygens (including phenoxy) is 1. The van der Waals surface area contributed by atoms with E-state index >= 15 is 0 Å². The van der Waals surface area contributed by atoms with Gasteiger partial charge in [0.25, 0.3) is 0 Å². The summed E-state index contributed by atoms with van der Waals surface area (Å²) in [5, 5.41) is 5.67. The lowest BCUT2D eigenvalue weighted by Crippen LogP contribution is -2.36. The monoisotopic (exact) mass is 327 g/mol. The molecule has 2 N–H and O–H groups in total. The fourth-order valence-electron chi connectivity index (χ4n) is 2.52. The molecule has 2 aromatic rings. The number of carbonyl (C=O) groups is 1. The molecule has 0 bridgehead atoms. The van der Waals surface area contributed by atoms with E-state index < -0.39 is 0 Å². The third-order valence-corrected chi connectivity index (χ3v) is 3.87. The van der Waals surface area contributed by atoms with Crippen LogP contribution in [0.4, 0.5) is 16.3 Å². The van der Waals surface area contributed by atoms with E-state index in [4.69, 9.17) is 4.74 Å². The maximum atomic E-state index is 12.1. The van der Waals surface area contributed by atoms with Gasteiger partial charge >= 0.3 is 6.03 Å². The van der Waals surface area contributed by atoms with Gasteiger partial charge in [-0.15, -0.1) is 0 Å². The number of hydrogen-bond acceptors (Lipinski definition) is 5. The summed E-state index contributed by atoms with van der Waals surface area (Å²) >= 11 is 0. The zero-order valence-electron chi connectivity index (χ0n) is 13.6. The summed E-state index contributed by atoms with van der Waals surface area (Å²) in [6, 6.07) is 7.14. The SMILES string of the molecule is C[C@H](NC(=O)Nc1ccc(N2CCOCC2)nc1)c1cccnc1. The Morgan fingerprint density at radius 2 is 2.08 bits per heavy atom. The van der Waals surface area contributed by atoms with Crippen LogP contribution in [0.25, 0.3) is 0 Å². The highest BCUT2D eigenvalue weighted by Crippen LogP contribution is 2.16. The van der Waals surface area contributed by atoms with Crippen molar-refractivity contribution >= 4 is 17.5 Å². The number of nitrogens with one attached hydrogen (secondary N) is 2. The van der Waals surface area contributed by atoms with Crippen molar-refractivity contribution in [2.24, 2.45) is 0 Å². The van der Waals surface area contributed by atoms with Crippen LogP contribution in [0.2, 0.25) is 0 Å². The van der Waals surface area contributed by atoms with Gasteiger partial charge in [-0.05, 0) is 30.7 Å². The van der Waals surface area contributed by atoms with Crippen LogP contribution in [-0.2, 0) is 4.74 Å². The van der Waals surface area contributed by atoms with Gasteiger partial charge in [-0.25, -0.2) is 9.78 Å². The highest BCUT2D eigenvalue weighted by atomic mass is 16.5. The minimum Gasteiger partial charge on any atom is -0.378 e. The van der Waals surface area contributed by atoms with Crippen LogP contribution in [0, 0.1) is 0 Å². The number of nitrogens with zero attached hydrogens (tertiary/aromatic N) is 3. The fourth-order valence-corrected chi connectivity index (χ4v) is 2.52. The van der Waals surface area contributed by atoms with Crippen LogP contribution in [0.3, 0.4) is 0 Å². The molecule has 0 radical (unpaired) electrons. The van der Waals surface area contributed by atoms with Crippen LogP contribution in [0.1, 0.15) is 18.5 Å². The number of carbonyl (C=O) groups excluding carboxylic acids is 1. The molecule has 0 spiro atoms. The van der Waals surface area contributed by atoms with E-state index in [1.807, 2.05) is 31.2 Å². The van der Waals surface area contributed by atoms with Gasteiger partial charge in [0.2, 0.25) is 0 Å². The Morgan fingerprint density at radius 1 is 1.25 bits per heavy atom. The van der Waals surface area contributed by atoms with Gasteiger partial charge in [-0.3, -0.25) is 4.98 Å². The van der Waals surface area contributed by atoms with Gasteiger partial charge in [-0.1, -0.05) is 6.07 Å². The molecule has 0 aromatic carbocycles. The quantitative estimate of drug-likeness (QED) is 0.900. The van der Waals surface area contributed by atoms with Gasteiger partial charge in [0.05, 0.1) is 31.1 Å². The average molecular weight is 327 g/mol. The van der Waals surface area contributed by atoms with Crippen LogP contribution < -0.4 is 15.5 Å². The summed E-state index contributed by atoms with van der Waals surface area (Å²) in [7, 11) is 0. The van der Waals surface area contributed by atoms with Crippen LogP contribution in [0.15, 0.2) is 42.9 Å². The normalized spacial score (nSPS) is 15.6. The second-order valence-electron chi connectivity index (χ2n) is 5.61. The van der Waals surface area contributed by atoms with E-state index in [-0.39, 0.29) is 12.1 Å². The third-order valence-electron chi connectivity index (χ3n) is 3.87. The van der Waals surface area contributed by atoms with E-state index in [0.717, 1.165) is 37.7 Å². The van der Waals surface area contributed by atoms with E-state index in [2.05, 4.69) is 25.5 Å². The van der Waals surface area contributed by atoms with Crippen LogP contribution >= 0.6 is 0 Å². The van der Waals surface area contributed by atoms with E-state index in [1.54, 1.807) is 18.6 Å². The second-order valence-corrected chi connectivity index (χ2v) is 5.61. The van der Waals surface area contributed by atoms with Crippen LogP contribution in [-0.4, -0.2) is 42.3 Å². The molecule has 7 heteroatoms. The summed E-state index contributed by atoms with van der Waals surface area (Å²) in [6.45, 7) is 5.02. The number of amides is 2. The molecule has 0 unspecified atom stereocenters. The maximum absolute atomic E-state index is 12.1. The van der Waals surface area contributed by atoms with Crippen molar-refractivity contribution in [2.45, 2.75) is 13.0 Å². The standard InChI is InChI=1S/C17H21N5O2/c1-13(14-3-2-6-18-11-14)20-17(23)21-15-4-5-16(19-12-15)22-7-9-24-10-8-22/h2-6,11-13H,7-10H2,1H3,(H2,20,21,23)/t13-/m0/s1. The molecule has 1 fully saturated rings. The molecule has 1 aliphatic rings. The maximum Gasteiger partial charge on any atom is 0.319 e. The topological polar surface area (TPSA) is 79.4 Å². The van der Waals surface area contributed by atoms with Gasteiger partial charge in [0.1, 0.15) is 5.82 Å². The Bertz CT molecular complexity index is 656. The van der Waals surface area contributed by atoms with Crippen molar-refractivity contribution in [2.75, 3.05) is 36.5 Å². The first-order valence-electron chi connectivity index (χ1n) is 7.98. The minimum atomic E-state index is -0.271. The van der Waals surface area contributed by atoms with Gasteiger partial charge in [-0.2, -0.15) is 0 Å². The Labute approximate surface area is 141 Å². The Hall–Kier alpha value is -2.67. The predicted molar refractivity (Wildman–Crippen MR) is 92.1 cm³/mol. The van der Waals surface area contributed by atoms with Crippen molar-refractivity contribution in [3.63, 3.8) is 0 Å². The first-order valence-corrected chi connectivity index (χ1v) is 7.98. The summed E-state index contributed by atoms with van der Waals surface area (Å²) in [5.41, 5.74) is 1.61. The molecule has 1 saturated heterocycles. The molecule has 3 rings (SSSR count). The number of urea groups is 1. The first-order chi connectivity index (χ1) is 11.7. The molecule has 7 nitrogen and oxygen atoms in total. The molecule has 1 atom stereocenters. The molecule has 0 saturated carbocycles. The predicted octanol–water partition coefficient (Wildman–Crippen LogP) is 2.20. The smallest absolute Gasteiger partial charge is 0.319 e. The van der Waals surface area contributed by atoms with E-state index in [0.29, 0.717) is 5.69 Å². The van der Waals surface area contributed by atoms with Gasteiger partial charge in [0.15, 0.2) is 0 Å². The van der Waals surface area contributed by atoms with Gasteiger partial charge < -0.3 is 20.3 Å². The van der Waals surface area contributed by atoms with Crippen molar-refractivity contribution < 1.29 is 9.53 Å². The second kappa shape index (κ2) is 7.74. The lowest BCUT2D eigenvalue weighted by Gasteiger charge is -2.27. The Balaban J connectivity index is 1.54. The lowest BCUT2D eigenvalue weighted by molar-refractivity contribution is 0.122. The summed E-state index contributed by atoms with van der Waals surface area (Å²) in [5.74, 6) is 0.896. The number of aromatic nitrogens is 2. The largest absolute Gasteiger partial charge is 0.378 e. The zero-order chi connectivity index (χ0) is 16.8. The molecule has 24 heavy (non-hydrogen) atoms. The highest BCUT2D eigenvalue weighted by Gasteiger charge is 2.13. The number of morpholine rings is 1. The van der Waals surface area contributed by atoms with Crippen LogP contribution in [0.5, 0.6) is 0 Å². The Kier molecular flexibility index (Phi) is 5.22. The molecular formula is C17H21N5O2. The highest BCUT2D eigenvalue weighted by molar-refractivity contribution is 5.89. The van der Waals surface area contributed by atoms with Crippen molar-refractivity contribution in [3.05, 3.63) is 48.4 Å². The molecular weight excluding hydrogens is 306 g/mol. The number of hydrogen-bond donors (Lipinski definition) is 2. The molecule has 1 aliphatic heterocycles. The number of anilines is 2. The first kappa shape index (κ1) is 16.2. The summed E-state index contributed by atoms with van der Waals surface area (Å²) < 4.78 is 5.33. The van der Waals surface area contributed by atoms with Gasteiger partial charge in [0, 0.05) is 25.5 Å². The molecule has 3 heterocycles. The molecule has 2 amide bonds. The number of rotatable bonds is 4. The van der Waals surface area contributed by atoms with Crippen molar-refractivity contribution in [3.8, 4) is 0 Å². The van der Waals surface area contributed by atoms with E-state index in [9.17, 15) is 4.79 Å². The third kappa shape index (κ3) is 4.20. The zero-order valence-corrected chi connectivity index (χ0v) is 13.6. The fraction of sp³-hybridized carbons (Fsp3) is 0.353. The van der Waals surface area contributed by atoms with Crippen molar-refractivity contribution in [1.82, 2.24) is 15.3 Å². The summed E-state index contributed by atoms with van der Waals surface area (Å²) in [4.78, 5) is 22.7.